The fourth-order valence-electron chi connectivity index (χ4n) is 8.74. The summed E-state index contributed by atoms with van der Waals surface area (Å²) in [5, 5.41) is 3.02. The summed E-state index contributed by atoms with van der Waals surface area (Å²) in [5.74, 6) is -0.616. The zero-order chi connectivity index (χ0) is 57.9. The van der Waals surface area contributed by atoms with Crippen molar-refractivity contribution in [1.82, 2.24) is 5.32 Å². The number of nitrogens with zero attached hydrogens (tertiary/aromatic N) is 1. The molecule has 0 aliphatic carbocycles. The number of phosphoric acid groups is 1. The van der Waals surface area contributed by atoms with Crippen molar-refractivity contribution in [3.8, 4) is 0 Å². The molecule has 3 unspecified atom stereocenters. The van der Waals surface area contributed by atoms with Gasteiger partial charge in [0.1, 0.15) is 19.3 Å². The Labute approximate surface area is 487 Å². The summed E-state index contributed by atoms with van der Waals surface area (Å²) in [5.41, 5.74) is 0. The van der Waals surface area contributed by atoms with E-state index in [9.17, 15) is 19.0 Å². The van der Waals surface area contributed by atoms with Gasteiger partial charge in [-0.1, -0.05) is 252 Å². The molecule has 10 heteroatoms. The van der Waals surface area contributed by atoms with Gasteiger partial charge in [-0.25, -0.2) is 0 Å². The molecule has 1 amide bonds. The molecule has 0 saturated carbocycles. The number of rotatable bonds is 57. The van der Waals surface area contributed by atoms with Gasteiger partial charge in [0, 0.05) is 12.8 Å². The molecule has 0 radical (unpaired) electrons. The predicted molar refractivity (Wildman–Crippen MR) is 339 cm³/mol. The molecule has 0 aliphatic heterocycles. The number of unbranched alkanes of at least 4 members (excludes halogenated alkanes) is 25. The molecular weight excluding hydrogens is 1000 g/mol. The molecule has 3 atom stereocenters. The number of allylic oxidation sites excluding steroid dienone is 17. The molecule has 0 fully saturated rings. The van der Waals surface area contributed by atoms with E-state index in [1.54, 1.807) is 0 Å². The van der Waals surface area contributed by atoms with Crippen LogP contribution < -0.4 is 10.2 Å². The first-order valence-corrected chi connectivity index (χ1v) is 33.7. The molecule has 454 valence electrons. The number of carbonyl (C=O) groups excluding carboxylic acids is 2. The average molecular weight is 1120 g/mol. The number of hydrogen-bond acceptors (Lipinski definition) is 7. The molecule has 0 rings (SSSR count). The minimum atomic E-state index is -4.72. The summed E-state index contributed by atoms with van der Waals surface area (Å²) in [6, 6.07) is -0.921. The Balaban J connectivity index is 5.30. The Morgan fingerprint density at radius 2 is 0.823 bits per heavy atom. The normalized spacial score (nSPS) is 14.4. The Bertz CT molecular complexity index is 1720. The molecule has 0 heterocycles. The van der Waals surface area contributed by atoms with Crippen LogP contribution in [0.5, 0.6) is 0 Å². The molecule has 79 heavy (non-hydrogen) atoms. The third kappa shape index (κ3) is 59.1. The van der Waals surface area contributed by atoms with Crippen molar-refractivity contribution in [3.05, 3.63) is 109 Å². The van der Waals surface area contributed by atoms with Crippen LogP contribution in [-0.4, -0.2) is 69.4 Å². The van der Waals surface area contributed by atoms with Crippen LogP contribution in [0, 0.1) is 0 Å². The predicted octanol–water partition coefficient (Wildman–Crippen LogP) is 19.5. The lowest BCUT2D eigenvalue weighted by molar-refractivity contribution is -0.870. The quantitative estimate of drug-likeness (QED) is 0.0212. The average Bonchev–Trinajstić information content (AvgIpc) is 3.41. The lowest BCUT2D eigenvalue weighted by Gasteiger charge is -2.30. The smallest absolute Gasteiger partial charge is 0.306 e. The topological polar surface area (TPSA) is 114 Å². The van der Waals surface area contributed by atoms with Crippen LogP contribution in [0.15, 0.2) is 109 Å². The minimum absolute atomic E-state index is 0.0369. The van der Waals surface area contributed by atoms with Gasteiger partial charge < -0.3 is 28.5 Å². The van der Waals surface area contributed by atoms with Gasteiger partial charge in [0.2, 0.25) is 5.91 Å². The maximum atomic E-state index is 13.6. The number of phosphoric ester groups is 1. The van der Waals surface area contributed by atoms with Gasteiger partial charge in [0.25, 0.3) is 7.82 Å². The second-order valence-corrected chi connectivity index (χ2v) is 23.9. The summed E-state index contributed by atoms with van der Waals surface area (Å²) < 4.78 is 30.3. The van der Waals surface area contributed by atoms with Crippen molar-refractivity contribution in [2.45, 2.75) is 277 Å². The van der Waals surface area contributed by atoms with Crippen LogP contribution >= 0.6 is 7.82 Å². The highest BCUT2D eigenvalue weighted by Crippen LogP contribution is 2.38. The third-order valence-electron chi connectivity index (χ3n) is 13.7. The maximum Gasteiger partial charge on any atom is 0.306 e. The fraction of sp³-hybridized carbons (Fsp3) is 0.710. The van der Waals surface area contributed by atoms with Gasteiger partial charge in [-0.3, -0.25) is 14.2 Å². The van der Waals surface area contributed by atoms with Crippen LogP contribution in [0.1, 0.15) is 265 Å². The number of ether oxygens (including phenoxy) is 1. The zero-order valence-electron chi connectivity index (χ0n) is 51.8. The molecule has 0 aromatic carbocycles. The van der Waals surface area contributed by atoms with Gasteiger partial charge in [0.15, 0.2) is 0 Å². The highest BCUT2D eigenvalue weighted by molar-refractivity contribution is 7.45. The van der Waals surface area contributed by atoms with E-state index in [0.717, 1.165) is 103 Å². The number of nitrogens with one attached hydrogen (secondary N) is 1. The standard InChI is InChI=1S/C69H121N2O7P/c1-7-10-13-16-19-22-25-28-30-32-33-34-35-36-37-39-40-43-46-49-52-55-58-61-68(72)70-66(65-77-79(74,75)76-64-63-71(4,5)6)67(60-57-54-51-48-45-42-27-24-21-18-15-12-9-3)78-69(73)62-59-56-53-50-47-44-41-38-31-29-26-23-20-17-14-11-8-2/h11,14,19-20,22-23,28-31,33-34,41,44,50,53,57,60,66-67H,7-10,12-13,15-18,21,24-27,32,35-40,42-43,45-49,51-52,54-56,58-59,61-65H2,1-6H3,(H-,70,72,74,75)/b14-11-,22-19-,23-20-,30-28-,31-29-,34-33-,44-41-,53-50-,60-57-. The van der Waals surface area contributed by atoms with Gasteiger partial charge in [-0.2, -0.15) is 0 Å². The number of hydrogen-bond donors (Lipinski definition) is 1. The lowest BCUT2D eigenvalue weighted by atomic mass is 10.0. The van der Waals surface area contributed by atoms with E-state index in [1.807, 2.05) is 33.3 Å². The summed E-state index contributed by atoms with van der Waals surface area (Å²) in [7, 11) is 1.14. The molecule has 9 nitrogen and oxygen atoms in total. The molecule has 1 N–H and O–H groups in total. The van der Waals surface area contributed by atoms with E-state index >= 15 is 0 Å². The van der Waals surface area contributed by atoms with Crippen LogP contribution in [-0.2, 0) is 27.9 Å². The summed E-state index contributed by atoms with van der Waals surface area (Å²) >= 11 is 0. The fourth-order valence-corrected chi connectivity index (χ4v) is 9.46. The Hall–Kier alpha value is -3.33. The monoisotopic (exact) mass is 1120 g/mol. The largest absolute Gasteiger partial charge is 0.756 e. The second kappa shape index (κ2) is 57.9. The van der Waals surface area contributed by atoms with E-state index in [4.69, 9.17) is 13.8 Å². The van der Waals surface area contributed by atoms with Crippen molar-refractivity contribution in [1.29, 1.82) is 0 Å². The molecule has 0 aromatic heterocycles. The summed E-state index contributed by atoms with van der Waals surface area (Å²) in [6.45, 7) is 6.66. The zero-order valence-corrected chi connectivity index (χ0v) is 52.7. The van der Waals surface area contributed by atoms with E-state index in [2.05, 4.69) is 123 Å². The van der Waals surface area contributed by atoms with Gasteiger partial charge >= 0.3 is 5.97 Å². The second-order valence-electron chi connectivity index (χ2n) is 22.5. The van der Waals surface area contributed by atoms with Crippen molar-refractivity contribution >= 4 is 19.7 Å². The minimum Gasteiger partial charge on any atom is -0.756 e. The van der Waals surface area contributed by atoms with Crippen LogP contribution in [0.3, 0.4) is 0 Å². The van der Waals surface area contributed by atoms with Crippen LogP contribution in [0.2, 0.25) is 0 Å². The Morgan fingerprint density at radius 3 is 1.27 bits per heavy atom. The first-order chi connectivity index (χ1) is 38.4. The lowest BCUT2D eigenvalue weighted by Crippen LogP contribution is -2.47. The number of amides is 1. The van der Waals surface area contributed by atoms with E-state index < -0.39 is 32.5 Å². The maximum absolute atomic E-state index is 13.6. The Morgan fingerprint density at radius 1 is 0.456 bits per heavy atom. The van der Waals surface area contributed by atoms with Gasteiger partial charge in [0.05, 0.1) is 33.8 Å². The van der Waals surface area contributed by atoms with E-state index in [1.165, 1.54) is 122 Å². The number of carbonyl (C=O) groups is 2. The third-order valence-corrected chi connectivity index (χ3v) is 14.7. The summed E-state index contributed by atoms with van der Waals surface area (Å²) in [4.78, 5) is 40.0. The number of esters is 1. The molecule has 0 bridgehead atoms. The van der Waals surface area contributed by atoms with E-state index in [0.29, 0.717) is 23.9 Å². The molecule has 0 aromatic rings. The van der Waals surface area contributed by atoms with Crippen molar-refractivity contribution in [2.75, 3.05) is 40.9 Å². The van der Waals surface area contributed by atoms with Crippen molar-refractivity contribution in [2.24, 2.45) is 0 Å². The highest BCUT2D eigenvalue weighted by atomic mass is 31.2. The number of quaternary nitrogens is 1. The molecule has 0 saturated heterocycles. The van der Waals surface area contributed by atoms with Crippen molar-refractivity contribution in [3.63, 3.8) is 0 Å². The van der Waals surface area contributed by atoms with Crippen molar-refractivity contribution < 1.29 is 37.3 Å². The molecular formula is C69H121N2O7P. The Kier molecular flexibility index (Phi) is 55.4. The first kappa shape index (κ1) is 75.7. The van der Waals surface area contributed by atoms with Gasteiger partial charge in [-0.05, 0) is 109 Å². The van der Waals surface area contributed by atoms with E-state index in [-0.39, 0.29) is 18.9 Å². The van der Waals surface area contributed by atoms with Gasteiger partial charge in [-0.15, -0.1) is 0 Å². The van der Waals surface area contributed by atoms with Crippen LogP contribution in [0.4, 0.5) is 0 Å². The molecule has 0 spiro atoms. The SMILES string of the molecule is CC/C=C\C/C=C\C/C=C\C/C=C\C/C=C\CCCC(=O)OC(/C=C\CCCCCCCCCCCCC)C(COP(=O)([O-])OCC[N+](C)(C)C)NC(=O)CCCCCCCCCCCC/C=C\C/C=C\C/C=C\CCCCC. The first-order valence-electron chi connectivity index (χ1n) is 32.2. The number of likely N-dealkylation sites (N-methyl/N-ethyl adjacent to an activating group) is 1. The highest BCUT2D eigenvalue weighted by Gasteiger charge is 2.27. The van der Waals surface area contributed by atoms with Crippen LogP contribution in [0.25, 0.3) is 0 Å². The molecule has 0 aliphatic rings. The summed E-state index contributed by atoms with van der Waals surface area (Å²) in [6.07, 6.45) is 79.2.